The first-order chi connectivity index (χ1) is 11.4. The highest BCUT2D eigenvalue weighted by Gasteiger charge is 2.21. The van der Waals surface area contributed by atoms with Gasteiger partial charge in [-0.15, -0.1) is 0 Å². The summed E-state index contributed by atoms with van der Waals surface area (Å²) in [5, 5.41) is 3.70. The summed E-state index contributed by atoms with van der Waals surface area (Å²) in [6.07, 6.45) is 0.0623. The molecule has 0 fully saturated rings. The second-order valence-corrected chi connectivity index (χ2v) is 6.50. The van der Waals surface area contributed by atoms with Crippen LogP contribution >= 0.6 is 11.6 Å². The second-order valence-electron chi connectivity index (χ2n) is 6.06. The Morgan fingerprint density at radius 1 is 1.17 bits per heavy atom. The van der Waals surface area contributed by atoms with Crippen molar-refractivity contribution in [3.05, 3.63) is 64.2 Å². The van der Waals surface area contributed by atoms with Gasteiger partial charge in [-0.25, -0.2) is 0 Å². The smallest absolute Gasteiger partial charge is 0.261 e. The Labute approximate surface area is 149 Å². The molecule has 0 heterocycles. The molecule has 0 saturated carbocycles. The van der Waals surface area contributed by atoms with Crippen molar-refractivity contribution in [3.8, 4) is 5.75 Å². The van der Waals surface area contributed by atoms with Gasteiger partial charge < -0.3 is 10.1 Å². The van der Waals surface area contributed by atoms with E-state index < -0.39 is 6.10 Å². The Hall–Kier alpha value is -2.00. The maximum Gasteiger partial charge on any atom is 0.261 e. The minimum Gasteiger partial charge on any atom is -0.481 e. The van der Waals surface area contributed by atoms with E-state index in [1.807, 2.05) is 13.8 Å². The number of hydrogen-bond donors (Lipinski definition) is 1. The van der Waals surface area contributed by atoms with Crippen LogP contribution in [0.2, 0.25) is 5.02 Å². The molecule has 2 atom stereocenters. The average Bonchev–Trinajstić information content (AvgIpc) is 2.56. The summed E-state index contributed by atoms with van der Waals surface area (Å²) in [6.45, 7) is 8.03. The molecular weight excluding hydrogens is 322 g/mol. The van der Waals surface area contributed by atoms with Gasteiger partial charge in [0.1, 0.15) is 5.75 Å². The van der Waals surface area contributed by atoms with Crippen LogP contribution in [0.1, 0.15) is 43.0 Å². The zero-order valence-corrected chi connectivity index (χ0v) is 15.4. The summed E-state index contributed by atoms with van der Waals surface area (Å²) in [5.41, 5.74) is 3.48. The van der Waals surface area contributed by atoms with E-state index >= 15 is 0 Å². The quantitative estimate of drug-likeness (QED) is 0.800. The molecule has 2 aromatic carbocycles. The molecule has 0 aliphatic rings. The molecule has 0 spiro atoms. The van der Waals surface area contributed by atoms with Gasteiger partial charge in [-0.3, -0.25) is 4.79 Å². The number of halogens is 1. The van der Waals surface area contributed by atoms with Crippen LogP contribution in [-0.2, 0) is 4.79 Å². The van der Waals surface area contributed by atoms with E-state index in [9.17, 15) is 4.79 Å². The lowest BCUT2D eigenvalue weighted by Crippen LogP contribution is -2.39. The minimum atomic E-state index is -0.529. The third-order valence-electron chi connectivity index (χ3n) is 4.02. The standard InChI is InChI=1S/C20H24ClNO2/c1-5-19(24-17-10-8-16(21)9-11-17)20(23)22-15(4)18-12-13(2)6-7-14(18)3/h6-12,15,19H,5H2,1-4H3,(H,22,23)/t15-,19+/m1/s1. The lowest BCUT2D eigenvalue weighted by molar-refractivity contribution is -0.128. The summed E-state index contributed by atoms with van der Waals surface area (Å²) >= 11 is 5.87. The summed E-state index contributed by atoms with van der Waals surface area (Å²) in [4.78, 5) is 12.6. The van der Waals surface area contributed by atoms with Crippen LogP contribution in [0, 0.1) is 13.8 Å². The lowest BCUT2D eigenvalue weighted by atomic mass is 10.00. The van der Waals surface area contributed by atoms with E-state index in [0.29, 0.717) is 17.2 Å². The first-order valence-electron chi connectivity index (χ1n) is 8.20. The van der Waals surface area contributed by atoms with Gasteiger partial charge in [0.15, 0.2) is 6.10 Å². The molecule has 1 amide bonds. The van der Waals surface area contributed by atoms with Crippen molar-refractivity contribution < 1.29 is 9.53 Å². The Morgan fingerprint density at radius 3 is 2.46 bits per heavy atom. The molecule has 4 heteroatoms. The van der Waals surface area contributed by atoms with Crippen molar-refractivity contribution in [2.75, 3.05) is 0 Å². The molecule has 0 unspecified atom stereocenters. The van der Waals surface area contributed by atoms with Crippen molar-refractivity contribution in [2.24, 2.45) is 0 Å². The van der Waals surface area contributed by atoms with Crippen LogP contribution in [0.3, 0.4) is 0 Å². The van der Waals surface area contributed by atoms with Gasteiger partial charge in [0.2, 0.25) is 0 Å². The number of amides is 1. The fourth-order valence-corrected chi connectivity index (χ4v) is 2.74. The number of ether oxygens (including phenoxy) is 1. The summed E-state index contributed by atoms with van der Waals surface area (Å²) in [7, 11) is 0. The summed E-state index contributed by atoms with van der Waals surface area (Å²) in [5.74, 6) is 0.529. The number of nitrogens with one attached hydrogen (secondary N) is 1. The highest BCUT2D eigenvalue weighted by atomic mass is 35.5. The number of aryl methyl sites for hydroxylation is 2. The first-order valence-corrected chi connectivity index (χ1v) is 8.58. The number of carbonyl (C=O) groups is 1. The molecule has 1 N–H and O–H groups in total. The van der Waals surface area contributed by atoms with Gasteiger partial charge in [0.05, 0.1) is 6.04 Å². The molecule has 2 rings (SSSR count). The van der Waals surface area contributed by atoms with Crippen LogP contribution in [0.25, 0.3) is 0 Å². The topological polar surface area (TPSA) is 38.3 Å². The van der Waals surface area contributed by atoms with Gasteiger partial charge in [-0.2, -0.15) is 0 Å². The van der Waals surface area contributed by atoms with Crippen molar-refractivity contribution >= 4 is 17.5 Å². The molecule has 0 bridgehead atoms. The van der Waals surface area contributed by atoms with E-state index in [4.69, 9.17) is 16.3 Å². The van der Waals surface area contributed by atoms with Gasteiger partial charge in [-0.05, 0) is 62.6 Å². The molecule has 24 heavy (non-hydrogen) atoms. The van der Waals surface area contributed by atoms with E-state index in [0.717, 1.165) is 5.56 Å². The Kier molecular flexibility index (Phi) is 6.27. The SMILES string of the molecule is CC[C@H](Oc1ccc(Cl)cc1)C(=O)N[C@H](C)c1cc(C)ccc1C. The predicted octanol–water partition coefficient (Wildman–Crippen LogP) is 4.99. The number of rotatable bonds is 6. The van der Waals surface area contributed by atoms with Crippen LogP contribution in [0.4, 0.5) is 0 Å². The van der Waals surface area contributed by atoms with E-state index in [2.05, 4.69) is 37.4 Å². The number of carbonyl (C=O) groups excluding carboxylic acids is 1. The van der Waals surface area contributed by atoms with E-state index in [1.165, 1.54) is 11.1 Å². The minimum absolute atomic E-state index is 0.0692. The Balaban J connectivity index is 2.05. The zero-order valence-electron chi connectivity index (χ0n) is 14.6. The van der Waals surface area contributed by atoms with E-state index in [-0.39, 0.29) is 11.9 Å². The molecular formula is C20H24ClNO2. The van der Waals surface area contributed by atoms with Crippen LogP contribution in [-0.4, -0.2) is 12.0 Å². The normalized spacial score (nSPS) is 13.2. The van der Waals surface area contributed by atoms with Gasteiger partial charge in [-0.1, -0.05) is 42.3 Å². The fraction of sp³-hybridized carbons (Fsp3) is 0.350. The molecule has 2 aromatic rings. The second kappa shape index (κ2) is 8.20. The van der Waals surface area contributed by atoms with E-state index in [1.54, 1.807) is 24.3 Å². The molecule has 0 aliphatic heterocycles. The third kappa shape index (κ3) is 4.75. The molecule has 3 nitrogen and oxygen atoms in total. The molecule has 0 aliphatic carbocycles. The maximum absolute atomic E-state index is 12.6. The fourth-order valence-electron chi connectivity index (χ4n) is 2.61. The van der Waals surface area contributed by atoms with Gasteiger partial charge in [0, 0.05) is 5.02 Å². The average molecular weight is 346 g/mol. The zero-order chi connectivity index (χ0) is 17.7. The largest absolute Gasteiger partial charge is 0.481 e. The number of benzene rings is 2. The highest BCUT2D eigenvalue weighted by molar-refractivity contribution is 6.30. The third-order valence-corrected chi connectivity index (χ3v) is 4.27. The van der Waals surface area contributed by atoms with Gasteiger partial charge >= 0.3 is 0 Å². The van der Waals surface area contributed by atoms with Crippen molar-refractivity contribution in [1.82, 2.24) is 5.32 Å². The predicted molar refractivity (Wildman–Crippen MR) is 98.6 cm³/mol. The first kappa shape index (κ1) is 18.3. The molecule has 0 aromatic heterocycles. The molecule has 128 valence electrons. The van der Waals surface area contributed by atoms with Crippen molar-refractivity contribution in [1.29, 1.82) is 0 Å². The van der Waals surface area contributed by atoms with Crippen molar-refractivity contribution in [2.45, 2.75) is 46.3 Å². The van der Waals surface area contributed by atoms with Crippen LogP contribution in [0.15, 0.2) is 42.5 Å². The lowest BCUT2D eigenvalue weighted by Gasteiger charge is -2.22. The van der Waals surface area contributed by atoms with Crippen molar-refractivity contribution in [3.63, 3.8) is 0 Å². The van der Waals surface area contributed by atoms with Crippen LogP contribution < -0.4 is 10.1 Å². The van der Waals surface area contributed by atoms with Gasteiger partial charge in [0.25, 0.3) is 5.91 Å². The van der Waals surface area contributed by atoms with Crippen LogP contribution in [0.5, 0.6) is 5.75 Å². The summed E-state index contributed by atoms with van der Waals surface area (Å²) < 4.78 is 5.80. The number of hydrogen-bond acceptors (Lipinski definition) is 2. The highest BCUT2D eigenvalue weighted by Crippen LogP contribution is 2.21. The Morgan fingerprint density at radius 2 is 1.83 bits per heavy atom. The summed E-state index contributed by atoms with van der Waals surface area (Å²) in [6, 6.07) is 13.2. The monoisotopic (exact) mass is 345 g/mol. The molecule has 0 saturated heterocycles. The Bertz CT molecular complexity index is 697. The molecule has 0 radical (unpaired) electrons. The maximum atomic E-state index is 12.6.